The van der Waals surface area contributed by atoms with E-state index in [1.54, 1.807) is 12.1 Å². The zero-order chi connectivity index (χ0) is 15.1. The SMILES string of the molecule is C=CCNC(=O)C(C)OC(=O)c1cc(Cl)ccc1OC. The second-order valence-electron chi connectivity index (χ2n) is 3.93. The lowest BCUT2D eigenvalue weighted by Gasteiger charge is -2.14. The lowest BCUT2D eigenvalue weighted by Crippen LogP contribution is -2.35. The Morgan fingerprint density at radius 3 is 2.80 bits per heavy atom. The molecule has 0 heterocycles. The lowest BCUT2D eigenvalue weighted by atomic mass is 10.2. The van der Waals surface area contributed by atoms with Crippen LogP contribution in [-0.4, -0.2) is 31.6 Å². The fourth-order valence-corrected chi connectivity index (χ4v) is 1.61. The maximum absolute atomic E-state index is 12.0. The van der Waals surface area contributed by atoms with Gasteiger partial charge in [0.15, 0.2) is 6.10 Å². The Kier molecular flexibility index (Phi) is 6.06. The van der Waals surface area contributed by atoms with Crippen molar-refractivity contribution in [3.63, 3.8) is 0 Å². The molecule has 0 saturated heterocycles. The van der Waals surface area contributed by atoms with Gasteiger partial charge in [0.2, 0.25) is 0 Å². The predicted molar refractivity (Wildman–Crippen MR) is 76.1 cm³/mol. The van der Waals surface area contributed by atoms with Crippen LogP contribution in [0.5, 0.6) is 5.75 Å². The Hall–Kier alpha value is -2.01. The number of carbonyl (C=O) groups is 2. The van der Waals surface area contributed by atoms with Crippen LogP contribution in [0.25, 0.3) is 0 Å². The molecule has 1 aromatic rings. The second kappa shape index (κ2) is 7.55. The van der Waals surface area contributed by atoms with Crippen molar-refractivity contribution >= 4 is 23.5 Å². The highest BCUT2D eigenvalue weighted by atomic mass is 35.5. The summed E-state index contributed by atoms with van der Waals surface area (Å²) in [6.07, 6.45) is 0.609. The number of carbonyl (C=O) groups excluding carboxylic acids is 2. The van der Waals surface area contributed by atoms with Crippen LogP contribution in [0.2, 0.25) is 5.02 Å². The highest BCUT2D eigenvalue weighted by molar-refractivity contribution is 6.31. The van der Waals surface area contributed by atoms with Crippen LogP contribution in [0.1, 0.15) is 17.3 Å². The number of esters is 1. The van der Waals surface area contributed by atoms with Gasteiger partial charge in [0.05, 0.1) is 7.11 Å². The number of hydrogen-bond donors (Lipinski definition) is 1. The molecule has 1 atom stereocenters. The number of amides is 1. The molecule has 6 heteroatoms. The molecule has 0 aliphatic heterocycles. The molecule has 1 aromatic carbocycles. The molecular weight excluding hydrogens is 282 g/mol. The van der Waals surface area contributed by atoms with E-state index in [0.717, 1.165) is 0 Å². The summed E-state index contributed by atoms with van der Waals surface area (Å²) in [5.74, 6) is -0.747. The third-order valence-electron chi connectivity index (χ3n) is 2.46. The summed E-state index contributed by atoms with van der Waals surface area (Å²) in [7, 11) is 1.43. The minimum absolute atomic E-state index is 0.170. The fourth-order valence-electron chi connectivity index (χ4n) is 1.43. The van der Waals surface area contributed by atoms with Crippen molar-refractivity contribution < 1.29 is 19.1 Å². The largest absolute Gasteiger partial charge is 0.496 e. The van der Waals surface area contributed by atoms with Gasteiger partial charge in [-0.1, -0.05) is 17.7 Å². The lowest BCUT2D eigenvalue weighted by molar-refractivity contribution is -0.128. The Morgan fingerprint density at radius 2 is 2.20 bits per heavy atom. The van der Waals surface area contributed by atoms with Gasteiger partial charge in [-0.25, -0.2) is 4.79 Å². The maximum atomic E-state index is 12.0. The number of nitrogens with one attached hydrogen (secondary N) is 1. The monoisotopic (exact) mass is 297 g/mol. The molecule has 1 amide bonds. The standard InChI is InChI=1S/C14H16ClNO4/c1-4-7-16-13(17)9(2)20-14(18)11-8-10(15)5-6-12(11)19-3/h4-6,8-9H,1,7H2,2-3H3,(H,16,17). The Morgan fingerprint density at radius 1 is 1.50 bits per heavy atom. The molecule has 0 spiro atoms. The minimum Gasteiger partial charge on any atom is -0.496 e. The molecule has 0 aliphatic carbocycles. The van der Waals surface area contributed by atoms with Gasteiger partial charge >= 0.3 is 5.97 Å². The molecule has 0 radical (unpaired) electrons. The van der Waals surface area contributed by atoms with Crippen LogP contribution in [0.3, 0.4) is 0 Å². The van der Waals surface area contributed by atoms with Gasteiger partial charge < -0.3 is 14.8 Å². The van der Waals surface area contributed by atoms with E-state index in [2.05, 4.69) is 11.9 Å². The summed E-state index contributed by atoms with van der Waals surface area (Å²) in [6.45, 7) is 5.27. The molecule has 0 aromatic heterocycles. The van der Waals surface area contributed by atoms with E-state index in [9.17, 15) is 9.59 Å². The molecule has 1 rings (SSSR count). The third kappa shape index (κ3) is 4.28. The third-order valence-corrected chi connectivity index (χ3v) is 2.69. The van der Waals surface area contributed by atoms with Crippen molar-refractivity contribution in [1.82, 2.24) is 5.32 Å². The molecule has 20 heavy (non-hydrogen) atoms. The van der Waals surface area contributed by atoms with Crippen LogP contribution in [0.15, 0.2) is 30.9 Å². The van der Waals surface area contributed by atoms with Crippen molar-refractivity contribution in [2.75, 3.05) is 13.7 Å². The van der Waals surface area contributed by atoms with Gasteiger partial charge in [-0.2, -0.15) is 0 Å². The van der Waals surface area contributed by atoms with Crippen LogP contribution >= 0.6 is 11.6 Å². The highest BCUT2D eigenvalue weighted by Crippen LogP contribution is 2.23. The van der Waals surface area contributed by atoms with Crippen LogP contribution in [-0.2, 0) is 9.53 Å². The van der Waals surface area contributed by atoms with Crippen LogP contribution < -0.4 is 10.1 Å². The minimum atomic E-state index is -0.925. The molecule has 0 bridgehead atoms. The van der Waals surface area contributed by atoms with Crippen molar-refractivity contribution in [2.45, 2.75) is 13.0 Å². The Balaban J connectivity index is 2.78. The first-order chi connectivity index (χ1) is 9.49. The number of methoxy groups -OCH3 is 1. The van der Waals surface area contributed by atoms with Crippen molar-refractivity contribution in [2.24, 2.45) is 0 Å². The molecule has 0 saturated carbocycles. The van der Waals surface area contributed by atoms with E-state index < -0.39 is 18.0 Å². The molecule has 1 unspecified atom stereocenters. The molecule has 5 nitrogen and oxygen atoms in total. The average molecular weight is 298 g/mol. The first-order valence-corrected chi connectivity index (χ1v) is 6.30. The van der Waals surface area contributed by atoms with Crippen LogP contribution in [0, 0.1) is 0 Å². The van der Waals surface area contributed by atoms with Crippen molar-refractivity contribution in [1.29, 1.82) is 0 Å². The van der Waals surface area contributed by atoms with Crippen LogP contribution in [0.4, 0.5) is 0 Å². The Bertz CT molecular complexity index is 516. The predicted octanol–water partition coefficient (Wildman–Crippen LogP) is 2.20. The zero-order valence-electron chi connectivity index (χ0n) is 11.3. The van der Waals surface area contributed by atoms with Crippen molar-refractivity contribution in [3.8, 4) is 5.75 Å². The van der Waals surface area contributed by atoms with Gasteiger partial charge in [-0.15, -0.1) is 6.58 Å². The quantitative estimate of drug-likeness (QED) is 0.646. The number of halogens is 1. The normalized spacial score (nSPS) is 11.3. The van der Waals surface area contributed by atoms with E-state index in [1.807, 2.05) is 0 Å². The number of rotatable bonds is 6. The second-order valence-corrected chi connectivity index (χ2v) is 4.36. The molecular formula is C14H16ClNO4. The van der Waals surface area contributed by atoms with Gasteiger partial charge in [0, 0.05) is 11.6 Å². The number of hydrogen-bond acceptors (Lipinski definition) is 4. The summed E-state index contributed by atoms with van der Waals surface area (Å²) in [6, 6.07) is 4.58. The highest BCUT2D eigenvalue weighted by Gasteiger charge is 2.21. The van der Waals surface area contributed by atoms with Crippen molar-refractivity contribution in [3.05, 3.63) is 41.4 Å². The summed E-state index contributed by atoms with van der Waals surface area (Å²) >= 11 is 5.83. The van der Waals surface area contributed by atoms with Gasteiger partial charge in [0.25, 0.3) is 5.91 Å². The van der Waals surface area contributed by atoms with Gasteiger partial charge in [0.1, 0.15) is 11.3 Å². The first kappa shape index (κ1) is 16.0. The number of benzene rings is 1. The summed E-state index contributed by atoms with van der Waals surface area (Å²) < 4.78 is 10.1. The molecule has 108 valence electrons. The van der Waals surface area contributed by atoms with E-state index in [1.165, 1.54) is 26.2 Å². The van der Waals surface area contributed by atoms with Gasteiger partial charge in [-0.3, -0.25) is 4.79 Å². The maximum Gasteiger partial charge on any atom is 0.342 e. The number of ether oxygens (including phenoxy) is 2. The van der Waals surface area contributed by atoms with E-state index in [-0.39, 0.29) is 5.56 Å². The zero-order valence-corrected chi connectivity index (χ0v) is 12.1. The topological polar surface area (TPSA) is 64.6 Å². The molecule has 0 fully saturated rings. The Labute approximate surface area is 122 Å². The smallest absolute Gasteiger partial charge is 0.342 e. The van der Waals surface area contributed by atoms with Gasteiger partial charge in [-0.05, 0) is 25.1 Å². The molecule has 1 N–H and O–H groups in total. The van der Waals surface area contributed by atoms with E-state index >= 15 is 0 Å². The summed E-state index contributed by atoms with van der Waals surface area (Å²) in [5, 5.41) is 2.91. The first-order valence-electron chi connectivity index (χ1n) is 5.92. The van der Waals surface area contributed by atoms with E-state index in [4.69, 9.17) is 21.1 Å². The summed E-state index contributed by atoms with van der Waals surface area (Å²) in [4.78, 5) is 23.6. The van der Waals surface area contributed by atoms with E-state index in [0.29, 0.717) is 17.3 Å². The molecule has 0 aliphatic rings. The average Bonchev–Trinajstić information content (AvgIpc) is 2.44. The summed E-state index contributed by atoms with van der Waals surface area (Å²) in [5.41, 5.74) is 0.170. The fraction of sp³-hybridized carbons (Fsp3) is 0.286.